The van der Waals surface area contributed by atoms with Gasteiger partial charge in [-0.25, -0.2) is 0 Å². The summed E-state index contributed by atoms with van der Waals surface area (Å²) in [7, 11) is 1.73. The Kier molecular flexibility index (Phi) is 4.73. The van der Waals surface area contributed by atoms with Crippen LogP contribution in [0.4, 0.5) is 24.5 Å². The lowest BCUT2D eigenvalue weighted by atomic mass is 10.1. The van der Waals surface area contributed by atoms with Crippen molar-refractivity contribution in [2.75, 3.05) is 11.9 Å². The number of nitro benzene ring substituents is 1. The van der Waals surface area contributed by atoms with Crippen molar-refractivity contribution in [1.82, 2.24) is 14.8 Å². The summed E-state index contributed by atoms with van der Waals surface area (Å²) >= 11 is 5.59. The molecule has 0 saturated carbocycles. The molecule has 1 N–H and O–H groups in total. The van der Waals surface area contributed by atoms with Crippen LogP contribution >= 0.6 is 11.6 Å². The highest BCUT2D eigenvalue weighted by Gasteiger charge is 2.36. The molecular formula is C12H11ClF3N5O2. The predicted octanol–water partition coefficient (Wildman–Crippen LogP) is 3.05. The summed E-state index contributed by atoms with van der Waals surface area (Å²) < 4.78 is 39.9. The lowest BCUT2D eigenvalue weighted by molar-refractivity contribution is -0.384. The minimum absolute atomic E-state index is 0.0878. The summed E-state index contributed by atoms with van der Waals surface area (Å²) in [4.78, 5) is 10.1. The van der Waals surface area contributed by atoms with E-state index < -0.39 is 27.4 Å². The Labute approximate surface area is 133 Å². The molecule has 0 aliphatic heterocycles. The Morgan fingerprint density at radius 3 is 2.65 bits per heavy atom. The Balaban J connectivity index is 2.22. The number of halogens is 4. The maximum Gasteiger partial charge on any atom is 0.418 e. The van der Waals surface area contributed by atoms with Crippen LogP contribution in [0.2, 0.25) is 5.02 Å². The molecule has 0 spiro atoms. The molecule has 0 aliphatic carbocycles. The first kappa shape index (κ1) is 17.0. The van der Waals surface area contributed by atoms with Crippen molar-refractivity contribution in [2.45, 2.75) is 12.6 Å². The molecule has 1 aromatic carbocycles. The molecule has 0 atom stereocenters. The quantitative estimate of drug-likeness (QED) is 0.662. The first-order valence-electron chi connectivity index (χ1n) is 6.32. The van der Waals surface area contributed by atoms with E-state index in [1.807, 2.05) is 0 Å². The van der Waals surface area contributed by atoms with E-state index in [2.05, 4.69) is 15.5 Å². The summed E-state index contributed by atoms with van der Waals surface area (Å²) in [5.74, 6) is 0.623. The first-order valence-corrected chi connectivity index (χ1v) is 6.70. The number of nitrogens with one attached hydrogen (secondary N) is 1. The van der Waals surface area contributed by atoms with E-state index in [1.165, 1.54) is 6.33 Å². The van der Waals surface area contributed by atoms with Crippen molar-refractivity contribution in [3.63, 3.8) is 0 Å². The van der Waals surface area contributed by atoms with E-state index in [-0.39, 0.29) is 12.2 Å². The van der Waals surface area contributed by atoms with Gasteiger partial charge in [-0.1, -0.05) is 11.6 Å². The smallest absolute Gasteiger partial charge is 0.379 e. The van der Waals surface area contributed by atoms with Gasteiger partial charge in [-0.15, -0.1) is 10.2 Å². The topological polar surface area (TPSA) is 85.9 Å². The molecule has 0 unspecified atom stereocenters. The second-order valence-electron chi connectivity index (χ2n) is 4.64. The zero-order chi connectivity index (χ0) is 17.2. The molecular weight excluding hydrogens is 339 g/mol. The predicted molar refractivity (Wildman–Crippen MR) is 76.3 cm³/mol. The largest absolute Gasteiger partial charge is 0.418 e. The molecule has 0 radical (unpaired) electrons. The van der Waals surface area contributed by atoms with Gasteiger partial charge in [-0.3, -0.25) is 10.1 Å². The van der Waals surface area contributed by atoms with Gasteiger partial charge in [0.25, 0.3) is 5.69 Å². The van der Waals surface area contributed by atoms with Gasteiger partial charge in [0.15, 0.2) is 0 Å². The highest BCUT2D eigenvalue weighted by atomic mass is 35.5. The summed E-state index contributed by atoms with van der Waals surface area (Å²) in [6.45, 7) is 0.217. The Hall–Kier alpha value is -2.36. The van der Waals surface area contributed by atoms with Gasteiger partial charge >= 0.3 is 6.18 Å². The molecule has 124 valence electrons. The summed E-state index contributed by atoms with van der Waals surface area (Å²) in [5, 5.41) is 20.6. The van der Waals surface area contributed by atoms with E-state index in [4.69, 9.17) is 11.6 Å². The van der Waals surface area contributed by atoms with Crippen molar-refractivity contribution in [1.29, 1.82) is 0 Å². The molecule has 23 heavy (non-hydrogen) atoms. The van der Waals surface area contributed by atoms with E-state index in [0.29, 0.717) is 18.3 Å². The Bertz CT molecular complexity index is 732. The maximum atomic E-state index is 12.8. The fourth-order valence-corrected chi connectivity index (χ4v) is 2.18. The third-order valence-electron chi connectivity index (χ3n) is 3.06. The van der Waals surface area contributed by atoms with Gasteiger partial charge in [0.1, 0.15) is 17.8 Å². The summed E-state index contributed by atoms with van der Waals surface area (Å²) in [6, 6.07) is 1.33. The molecule has 11 heteroatoms. The van der Waals surface area contributed by atoms with Gasteiger partial charge < -0.3 is 9.88 Å². The third kappa shape index (κ3) is 3.89. The fourth-order valence-electron chi connectivity index (χ4n) is 1.91. The highest BCUT2D eigenvalue weighted by Crippen LogP contribution is 2.40. The number of hydrogen-bond acceptors (Lipinski definition) is 5. The van der Waals surface area contributed by atoms with Crippen LogP contribution in [0.5, 0.6) is 0 Å². The van der Waals surface area contributed by atoms with Crippen molar-refractivity contribution >= 4 is 23.0 Å². The number of alkyl halides is 3. The van der Waals surface area contributed by atoms with Crippen LogP contribution in [0.1, 0.15) is 11.4 Å². The molecule has 0 saturated heterocycles. The zero-order valence-corrected chi connectivity index (χ0v) is 12.5. The first-order chi connectivity index (χ1) is 10.7. The standard InChI is InChI=1S/C12H11ClF3N5O2/c1-20-6-18-19-11(20)2-3-17-9-5-8(13)7(12(14,15)16)4-10(9)21(22)23/h4-6,17H,2-3H2,1H3. The molecule has 7 nitrogen and oxygen atoms in total. The maximum absolute atomic E-state index is 12.8. The van der Waals surface area contributed by atoms with Crippen LogP contribution < -0.4 is 5.32 Å². The van der Waals surface area contributed by atoms with Crippen molar-refractivity contribution in [3.05, 3.63) is 45.0 Å². The summed E-state index contributed by atoms with van der Waals surface area (Å²) in [6.07, 6.45) is -2.89. The van der Waals surface area contributed by atoms with Crippen LogP contribution in [0.25, 0.3) is 0 Å². The van der Waals surface area contributed by atoms with Gasteiger partial charge in [0, 0.05) is 26.1 Å². The molecule has 0 fully saturated rings. The lowest BCUT2D eigenvalue weighted by Crippen LogP contribution is -2.12. The van der Waals surface area contributed by atoms with Gasteiger partial charge in [0.2, 0.25) is 0 Å². The van der Waals surface area contributed by atoms with Crippen LogP contribution in [0.15, 0.2) is 18.5 Å². The number of aromatic nitrogens is 3. The van der Waals surface area contributed by atoms with E-state index in [1.54, 1.807) is 11.6 Å². The third-order valence-corrected chi connectivity index (χ3v) is 3.37. The fraction of sp³-hybridized carbons (Fsp3) is 0.333. The molecule has 0 aliphatic rings. The average molecular weight is 350 g/mol. The zero-order valence-electron chi connectivity index (χ0n) is 11.8. The van der Waals surface area contributed by atoms with E-state index in [9.17, 15) is 23.3 Å². The molecule has 0 amide bonds. The normalized spacial score (nSPS) is 11.5. The number of nitro groups is 1. The van der Waals surface area contributed by atoms with Crippen molar-refractivity contribution < 1.29 is 18.1 Å². The van der Waals surface area contributed by atoms with Crippen molar-refractivity contribution in [2.24, 2.45) is 7.05 Å². The van der Waals surface area contributed by atoms with Crippen LogP contribution in [-0.2, 0) is 19.6 Å². The highest BCUT2D eigenvalue weighted by molar-refractivity contribution is 6.31. The number of rotatable bonds is 5. The second kappa shape index (κ2) is 6.41. The Morgan fingerprint density at radius 1 is 1.43 bits per heavy atom. The van der Waals surface area contributed by atoms with Gasteiger partial charge in [-0.2, -0.15) is 13.2 Å². The van der Waals surface area contributed by atoms with Gasteiger partial charge in [-0.05, 0) is 6.07 Å². The van der Waals surface area contributed by atoms with Crippen molar-refractivity contribution in [3.8, 4) is 0 Å². The summed E-state index contributed by atoms with van der Waals surface area (Å²) in [5.41, 5.74) is -2.03. The van der Waals surface area contributed by atoms with Crippen LogP contribution in [-0.4, -0.2) is 26.2 Å². The van der Waals surface area contributed by atoms with Crippen LogP contribution in [0, 0.1) is 10.1 Å². The molecule has 0 bridgehead atoms. The monoisotopic (exact) mass is 349 g/mol. The van der Waals surface area contributed by atoms with E-state index in [0.717, 1.165) is 6.07 Å². The number of benzene rings is 1. The molecule has 1 aromatic heterocycles. The number of hydrogen-bond donors (Lipinski definition) is 1. The minimum atomic E-state index is -4.76. The number of aryl methyl sites for hydroxylation is 1. The Morgan fingerprint density at radius 2 is 2.13 bits per heavy atom. The van der Waals surface area contributed by atoms with Crippen LogP contribution in [0.3, 0.4) is 0 Å². The average Bonchev–Trinajstić information content (AvgIpc) is 2.82. The number of anilines is 1. The molecule has 2 aromatic rings. The molecule has 1 heterocycles. The number of nitrogens with zero attached hydrogens (tertiary/aromatic N) is 4. The lowest BCUT2D eigenvalue weighted by Gasteiger charge is -2.12. The second-order valence-corrected chi connectivity index (χ2v) is 5.05. The minimum Gasteiger partial charge on any atom is -0.379 e. The van der Waals surface area contributed by atoms with Gasteiger partial charge in [0.05, 0.1) is 15.5 Å². The van der Waals surface area contributed by atoms with E-state index >= 15 is 0 Å². The SMILES string of the molecule is Cn1cnnc1CCNc1cc(Cl)c(C(F)(F)F)cc1[N+](=O)[O-]. The molecule has 2 rings (SSSR count).